The molecule has 0 fully saturated rings. The predicted octanol–water partition coefficient (Wildman–Crippen LogP) is 4.44. The average Bonchev–Trinajstić information content (AvgIpc) is 3.36. The molecule has 0 saturated heterocycles. The summed E-state index contributed by atoms with van der Waals surface area (Å²) in [7, 11) is -4.01. The van der Waals surface area contributed by atoms with Gasteiger partial charge in [-0.25, -0.2) is 17.5 Å². The fourth-order valence-corrected chi connectivity index (χ4v) is 4.51. The summed E-state index contributed by atoms with van der Waals surface area (Å²) in [5.41, 5.74) is 2.28. The normalized spacial score (nSPS) is 11.2. The Morgan fingerprint density at radius 2 is 1.76 bits per heavy atom. The van der Waals surface area contributed by atoms with Gasteiger partial charge in [0.05, 0.1) is 21.3 Å². The number of nitrogens with one attached hydrogen (secondary N) is 2. The summed E-state index contributed by atoms with van der Waals surface area (Å²) < 4.78 is 42.4. The molecule has 0 aliphatic heterocycles. The van der Waals surface area contributed by atoms with E-state index in [-0.39, 0.29) is 27.1 Å². The molecule has 0 aliphatic rings. The highest BCUT2D eigenvalue weighted by molar-refractivity contribution is 7.92. The van der Waals surface area contributed by atoms with Crippen molar-refractivity contribution in [2.75, 3.05) is 11.3 Å². The van der Waals surface area contributed by atoms with Crippen LogP contribution in [0.2, 0.25) is 5.02 Å². The first-order chi connectivity index (χ1) is 16.3. The lowest BCUT2D eigenvalue weighted by molar-refractivity contribution is 0.0954. The molecule has 0 bridgehead atoms. The summed E-state index contributed by atoms with van der Waals surface area (Å²) in [5, 5.41) is 7.13. The van der Waals surface area contributed by atoms with Gasteiger partial charge in [-0.1, -0.05) is 23.7 Å². The van der Waals surface area contributed by atoms with E-state index in [9.17, 15) is 17.6 Å². The van der Waals surface area contributed by atoms with Crippen molar-refractivity contribution in [2.45, 2.75) is 11.3 Å². The monoisotopic (exact) mass is 498 g/mol. The molecule has 10 heteroatoms. The number of benzene rings is 3. The summed E-state index contributed by atoms with van der Waals surface area (Å²) in [5.74, 6) is -0.920. The molecule has 3 aromatic carbocycles. The van der Waals surface area contributed by atoms with Crippen molar-refractivity contribution in [3.63, 3.8) is 0 Å². The number of carbonyl (C=O) groups is 1. The SMILES string of the molecule is O=C(NCCc1ccc(-n2cccn2)cc1)c1ccc(Cl)c(NS(=O)(=O)c2ccc(F)cc2)c1. The number of nitrogens with zero attached hydrogens (tertiary/aromatic N) is 2. The highest BCUT2D eigenvalue weighted by atomic mass is 35.5. The molecule has 2 N–H and O–H groups in total. The molecule has 0 radical (unpaired) electrons. The number of hydrogen-bond acceptors (Lipinski definition) is 4. The fraction of sp³-hybridized carbons (Fsp3) is 0.0833. The first-order valence-corrected chi connectivity index (χ1v) is 12.1. The topological polar surface area (TPSA) is 93.1 Å². The molecule has 0 atom stereocenters. The molecule has 34 heavy (non-hydrogen) atoms. The van der Waals surface area contributed by atoms with Gasteiger partial charge >= 0.3 is 0 Å². The van der Waals surface area contributed by atoms with Gasteiger partial charge in [0.25, 0.3) is 15.9 Å². The van der Waals surface area contributed by atoms with Crippen molar-refractivity contribution >= 4 is 33.2 Å². The third-order valence-corrected chi connectivity index (χ3v) is 6.71. The van der Waals surface area contributed by atoms with Gasteiger partial charge in [0.2, 0.25) is 0 Å². The molecular formula is C24H20ClFN4O3S. The van der Waals surface area contributed by atoms with Crippen LogP contribution in [-0.2, 0) is 16.4 Å². The number of halogens is 2. The van der Waals surface area contributed by atoms with Crippen LogP contribution in [0.4, 0.5) is 10.1 Å². The summed E-state index contributed by atoms with van der Waals surface area (Å²) in [6.45, 7) is 0.388. The van der Waals surface area contributed by atoms with Crippen molar-refractivity contribution in [1.29, 1.82) is 0 Å². The molecule has 0 saturated carbocycles. The summed E-state index contributed by atoms with van der Waals surface area (Å²) in [6, 6.07) is 18.4. The number of amides is 1. The summed E-state index contributed by atoms with van der Waals surface area (Å²) >= 11 is 6.13. The van der Waals surface area contributed by atoms with Crippen LogP contribution in [0.1, 0.15) is 15.9 Å². The Bertz CT molecular complexity index is 1390. The lowest BCUT2D eigenvalue weighted by Gasteiger charge is -2.12. The quantitative estimate of drug-likeness (QED) is 0.375. The molecular weight excluding hydrogens is 479 g/mol. The van der Waals surface area contributed by atoms with E-state index in [1.54, 1.807) is 10.9 Å². The molecule has 0 spiro atoms. The largest absolute Gasteiger partial charge is 0.352 e. The molecule has 1 heterocycles. The van der Waals surface area contributed by atoms with Crippen LogP contribution in [0.5, 0.6) is 0 Å². The fourth-order valence-electron chi connectivity index (χ4n) is 3.22. The molecule has 0 unspecified atom stereocenters. The first-order valence-electron chi connectivity index (χ1n) is 10.3. The Morgan fingerprint density at radius 3 is 2.44 bits per heavy atom. The van der Waals surface area contributed by atoms with Crippen molar-refractivity contribution < 1.29 is 17.6 Å². The van der Waals surface area contributed by atoms with Crippen molar-refractivity contribution in [1.82, 2.24) is 15.1 Å². The maximum Gasteiger partial charge on any atom is 0.261 e. The Balaban J connectivity index is 1.38. The smallest absolute Gasteiger partial charge is 0.261 e. The molecule has 174 valence electrons. The van der Waals surface area contributed by atoms with E-state index < -0.39 is 15.8 Å². The number of carbonyl (C=O) groups excluding carboxylic acids is 1. The van der Waals surface area contributed by atoms with Gasteiger partial charge in [0, 0.05) is 24.5 Å². The van der Waals surface area contributed by atoms with Crippen LogP contribution >= 0.6 is 11.6 Å². The number of sulfonamides is 1. The van der Waals surface area contributed by atoms with Crippen LogP contribution in [0.3, 0.4) is 0 Å². The Kier molecular flexibility index (Phi) is 6.95. The van der Waals surface area contributed by atoms with E-state index in [0.717, 1.165) is 35.5 Å². The zero-order chi connectivity index (χ0) is 24.1. The summed E-state index contributed by atoms with van der Waals surface area (Å²) in [4.78, 5) is 12.5. The third-order valence-electron chi connectivity index (χ3n) is 5.00. The van der Waals surface area contributed by atoms with Crippen LogP contribution in [-0.4, -0.2) is 30.7 Å². The molecule has 4 aromatic rings. The van der Waals surface area contributed by atoms with Gasteiger partial charge in [0.15, 0.2) is 0 Å². The van der Waals surface area contributed by atoms with Gasteiger partial charge in [-0.3, -0.25) is 9.52 Å². The number of aromatic nitrogens is 2. The molecule has 1 aromatic heterocycles. The number of hydrogen-bond donors (Lipinski definition) is 2. The maximum absolute atomic E-state index is 13.1. The maximum atomic E-state index is 13.1. The van der Waals surface area contributed by atoms with Gasteiger partial charge in [-0.05, 0) is 72.6 Å². The summed E-state index contributed by atoms with van der Waals surface area (Å²) in [6.07, 6.45) is 4.18. The second-order valence-electron chi connectivity index (χ2n) is 7.38. The van der Waals surface area contributed by atoms with E-state index in [1.165, 1.54) is 18.2 Å². The van der Waals surface area contributed by atoms with E-state index >= 15 is 0 Å². The van der Waals surface area contributed by atoms with Crippen LogP contribution in [0, 0.1) is 5.82 Å². The predicted molar refractivity (Wildman–Crippen MR) is 128 cm³/mol. The Hall–Kier alpha value is -3.69. The second-order valence-corrected chi connectivity index (χ2v) is 9.47. The van der Waals surface area contributed by atoms with E-state index in [4.69, 9.17) is 11.6 Å². The minimum atomic E-state index is -4.01. The molecule has 7 nitrogen and oxygen atoms in total. The highest BCUT2D eigenvalue weighted by Gasteiger charge is 2.17. The average molecular weight is 499 g/mol. The van der Waals surface area contributed by atoms with Crippen LogP contribution in [0.25, 0.3) is 5.69 Å². The first kappa shape index (κ1) is 23.5. The Labute approximate surface area is 201 Å². The van der Waals surface area contributed by atoms with Gasteiger partial charge in [-0.2, -0.15) is 5.10 Å². The highest BCUT2D eigenvalue weighted by Crippen LogP contribution is 2.26. The van der Waals surface area contributed by atoms with Crippen molar-refractivity contribution in [3.8, 4) is 5.69 Å². The zero-order valence-corrected chi connectivity index (χ0v) is 19.4. The van der Waals surface area contributed by atoms with Gasteiger partial charge in [0.1, 0.15) is 5.82 Å². The lowest BCUT2D eigenvalue weighted by atomic mass is 10.1. The van der Waals surface area contributed by atoms with Gasteiger partial charge in [-0.15, -0.1) is 0 Å². The van der Waals surface area contributed by atoms with Crippen molar-refractivity contribution in [3.05, 3.63) is 107 Å². The molecule has 4 rings (SSSR count). The van der Waals surface area contributed by atoms with Gasteiger partial charge < -0.3 is 5.32 Å². The Morgan fingerprint density at radius 1 is 1.03 bits per heavy atom. The van der Waals surface area contributed by atoms with Crippen LogP contribution < -0.4 is 10.0 Å². The lowest BCUT2D eigenvalue weighted by Crippen LogP contribution is -2.26. The minimum absolute atomic E-state index is 0.0489. The van der Waals surface area contributed by atoms with E-state index in [2.05, 4.69) is 15.1 Å². The molecule has 1 amide bonds. The van der Waals surface area contributed by atoms with E-state index in [0.29, 0.717) is 13.0 Å². The zero-order valence-electron chi connectivity index (χ0n) is 17.8. The van der Waals surface area contributed by atoms with E-state index in [1.807, 2.05) is 36.5 Å². The second kappa shape index (κ2) is 10.1. The van der Waals surface area contributed by atoms with Crippen LogP contribution in [0.15, 0.2) is 90.1 Å². The third kappa shape index (κ3) is 5.62. The molecule has 0 aliphatic carbocycles. The number of anilines is 1. The standard InChI is InChI=1S/C24H20ClFN4O3S/c25-22-11-4-18(16-23(22)29-34(32,33)21-9-5-19(26)6-10-21)24(31)27-14-12-17-2-7-20(8-3-17)30-15-1-13-28-30/h1-11,13,15-16,29H,12,14H2,(H,27,31). The number of rotatable bonds is 8. The van der Waals surface area contributed by atoms with Crippen molar-refractivity contribution in [2.24, 2.45) is 0 Å². The minimum Gasteiger partial charge on any atom is -0.352 e.